The molecule has 0 saturated heterocycles. The summed E-state index contributed by atoms with van der Waals surface area (Å²) in [6.07, 6.45) is 7.55. The lowest BCUT2D eigenvalue weighted by Crippen LogP contribution is -2.39. The smallest absolute Gasteiger partial charge is 0.0580 e. The molecule has 1 N–H and O–H groups in total. The Bertz CT molecular complexity index is 215. The van der Waals surface area contributed by atoms with Crippen LogP contribution in [0.5, 0.6) is 0 Å². The number of aliphatic hydroxyl groups is 1. The Morgan fingerprint density at radius 2 is 1.88 bits per heavy atom. The van der Waals surface area contributed by atoms with Crippen LogP contribution >= 0.6 is 0 Å². The van der Waals surface area contributed by atoms with Gasteiger partial charge in [0.15, 0.2) is 0 Å². The lowest BCUT2D eigenvalue weighted by atomic mass is 9.78. The second kappa shape index (κ2) is 5.50. The van der Waals surface area contributed by atoms with Gasteiger partial charge < -0.3 is 10.0 Å². The van der Waals surface area contributed by atoms with Crippen LogP contribution < -0.4 is 0 Å². The van der Waals surface area contributed by atoms with Gasteiger partial charge in [-0.1, -0.05) is 20.3 Å². The standard InChI is InChI=1S/C14H27NO/c1-3-11-5-8-14(16)12(9-11)10-15(4-2)13-6-7-13/h11-14,16H,3-10H2,1-2H3. The van der Waals surface area contributed by atoms with E-state index in [1.54, 1.807) is 0 Å². The molecule has 0 aromatic rings. The first kappa shape index (κ1) is 12.4. The highest BCUT2D eigenvalue weighted by Gasteiger charge is 2.34. The van der Waals surface area contributed by atoms with Gasteiger partial charge in [-0.3, -0.25) is 0 Å². The number of hydrogen-bond donors (Lipinski definition) is 1. The minimum Gasteiger partial charge on any atom is -0.393 e. The van der Waals surface area contributed by atoms with E-state index in [0.717, 1.165) is 31.5 Å². The molecule has 2 nitrogen and oxygen atoms in total. The van der Waals surface area contributed by atoms with E-state index in [1.807, 2.05) is 0 Å². The van der Waals surface area contributed by atoms with Gasteiger partial charge in [0.05, 0.1) is 6.10 Å². The molecule has 0 aromatic carbocycles. The molecule has 0 heterocycles. The van der Waals surface area contributed by atoms with Crippen LogP contribution in [0.2, 0.25) is 0 Å². The van der Waals surface area contributed by atoms with Crippen LogP contribution in [0.4, 0.5) is 0 Å². The molecule has 0 aliphatic heterocycles. The van der Waals surface area contributed by atoms with Crippen LogP contribution in [0.25, 0.3) is 0 Å². The predicted octanol–water partition coefficient (Wildman–Crippen LogP) is 2.66. The van der Waals surface area contributed by atoms with E-state index in [2.05, 4.69) is 18.7 Å². The summed E-state index contributed by atoms with van der Waals surface area (Å²) in [4.78, 5) is 2.59. The third-order valence-corrected chi connectivity index (χ3v) is 4.57. The zero-order valence-electron chi connectivity index (χ0n) is 10.9. The third-order valence-electron chi connectivity index (χ3n) is 4.57. The zero-order valence-corrected chi connectivity index (χ0v) is 10.9. The minimum atomic E-state index is -0.0319. The molecular formula is C14H27NO. The Kier molecular flexibility index (Phi) is 4.26. The van der Waals surface area contributed by atoms with Gasteiger partial charge in [-0.05, 0) is 50.5 Å². The average Bonchev–Trinajstić information content (AvgIpc) is 3.12. The number of nitrogens with zero attached hydrogens (tertiary/aromatic N) is 1. The van der Waals surface area contributed by atoms with E-state index in [4.69, 9.17) is 0 Å². The Morgan fingerprint density at radius 3 is 2.44 bits per heavy atom. The summed E-state index contributed by atoms with van der Waals surface area (Å²) in [6, 6.07) is 0.846. The van der Waals surface area contributed by atoms with Gasteiger partial charge in [0.1, 0.15) is 0 Å². The lowest BCUT2D eigenvalue weighted by molar-refractivity contribution is 0.0261. The molecule has 94 valence electrons. The molecule has 2 heteroatoms. The molecule has 0 bridgehead atoms. The quantitative estimate of drug-likeness (QED) is 0.777. The fourth-order valence-corrected chi connectivity index (χ4v) is 3.19. The minimum absolute atomic E-state index is 0.0319. The van der Waals surface area contributed by atoms with Crippen LogP contribution in [0.3, 0.4) is 0 Å². The van der Waals surface area contributed by atoms with Gasteiger partial charge in [0, 0.05) is 12.6 Å². The lowest BCUT2D eigenvalue weighted by Gasteiger charge is -2.36. The maximum absolute atomic E-state index is 10.1. The molecule has 2 rings (SSSR count). The van der Waals surface area contributed by atoms with Crippen LogP contribution in [-0.2, 0) is 0 Å². The molecular weight excluding hydrogens is 198 g/mol. The van der Waals surface area contributed by atoms with Crippen molar-refractivity contribution >= 4 is 0 Å². The summed E-state index contributed by atoms with van der Waals surface area (Å²) in [5.41, 5.74) is 0. The van der Waals surface area contributed by atoms with Crippen molar-refractivity contribution in [3.8, 4) is 0 Å². The molecule has 0 spiro atoms. The first-order valence-electron chi connectivity index (χ1n) is 7.16. The van der Waals surface area contributed by atoms with Crippen LogP contribution in [0.15, 0.2) is 0 Å². The summed E-state index contributed by atoms with van der Waals surface area (Å²) in [5.74, 6) is 1.41. The van der Waals surface area contributed by atoms with Gasteiger partial charge in [0.2, 0.25) is 0 Å². The van der Waals surface area contributed by atoms with Gasteiger partial charge in [0.25, 0.3) is 0 Å². The monoisotopic (exact) mass is 225 g/mol. The van der Waals surface area contributed by atoms with Crippen molar-refractivity contribution in [1.29, 1.82) is 0 Å². The topological polar surface area (TPSA) is 23.5 Å². The molecule has 2 aliphatic carbocycles. The van der Waals surface area contributed by atoms with E-state index in [-0.39, 0.29) is 6.10 Å². The first-order valence-corrected chi connectivity index (χ1v) is 7.16. The third kappa shape index (κ3) is 2.98. The molecule has 16 heavy (non-hydrogen) atoms. The Labute approximate surface area is 100 Å². The summed E-state index contributed by atoms with van der Waals surface area (Å²) in [7, 11) is 0. The van der Waals surface area contributed by atoms with Crippen molar-refractivity contribution in [1.82, 2.24) is 4.90 Å². The molecule has 0 radical (unpaired) electrons. The predicted molar refractivity (Wildman–Crippen MR) is 67.4 cm³/mol. The van der Waals surface area contributed by atoms with Crippen molar-refractivity contribution < 1.29 is 5.11 Å². The zero-order chi connectivity index (χ0) is 11.5. The van der Waals surface area contributed by atoms with Gasteiger partial charge in [-0.15, -0.1) is 0 Å². The largest absolute Gasteiger partial charge is 0.393 e. The average molecular weight is 225 g/mol. The second-order valence-electron chi connectivity index (χ2n) is 5.73. The van der Waals surface area contributed by atoms with Gasteiger partial charge >= 0.3 is 0 Å². The number of aliphatic hydroxyl groups excluding tert-OH is 1. The molecule has 3 atom stereocenters. The normalized spacial score (nSPS) is 35.6. The fourth-order valence-electron chi connectivity index (χ4n) is 3.19. The number of rotatable bonds is 5. The summed E-state index contributed by atoms with van der Waals surface area (Å²) in [6.45, 7) is 6.84. The van der Waals surface area contributed by atoms with Gasteiger partial charge in [-0.25, -0.2) is 0 Å². The highest BCUT2D eigenvalue weighted by atomic mass is 16.3. The van der Waals surface area contributed by atoms with E-state index in [9.17, 15) is 5.11 Å². The Morgan fingerprint density at radius 1 is 1.12 bits per heavy atom. The van der Waals surface area contributed by atoms with E-state index in [0.29, 0.717) is 5.92 Å². The van der Waals surface area contributed by atoms with Crippen molar-refractivity contribution in [3.05, 3.63) is 0 Å². The molecule has 0 amide bonds. The van der Waals surface area contributed by atoms with Gasteiger partial charge in [-0.2, -0.15) is 0 Å². The fraction of sp³-hybridized carbons (Fsp3) is 1.00. The maximum atomic E-state index is 10.1. The molecule has 2 saturated carbocycles. The van der Waals surface area contributed by atoms with Crippen LogP contribution in [0.1, 0.15) is 52.4 Å². The van der Waals surface area contributed by atoms with E-state index in [1.165, 1.54) is 32.1 Å². The summed E-state index contributed by atoms with van der Waals surface area (Å²) in [5, 5.41) is 10.1. The summed E-state index contributed by atoms with van der Waals surface area (Å²) >= 11 is 0. The number of hydrogen-bond acceptors (Lipinski definition) is 2. The van der Waals surface area contributed by atoms with Crippen molar-refractivity contribution in [2.75, 3.05) is 13.1 Å². The van der Waals surface area contributed by atoms with E-state index >= 15 is 0 Å². The van der Waals surface area contributed by atoms with Crippen LogP contribution in [-0.4, -0.2) is 35.2 Å². The molecule has 0 aromatic heterocycles. The SMILES string of the molecule is CCC1CCC(O)C(CN(CC)C2CC2)C1. The Hall–Kier alpha value is -0.0800. The van der Waals surface area contributed by atoms with Crippen LogP contribution in [0, 0.1) is 11.8 Å². The first-order chi connectivity index (χ1) is 7.74. The van der Waals surface area contributed by atoms with Crippen molar-refractivity contribution in [2.24, 2.45) is 11.8 Å². The molecule has 3 unspecified atom stereocenters. The molecule has 2 fully saturated rings. The van der Waals surface area contributed by atoms with Crippen molar-refractivity contribution in [2.45, 2.75) is 64.5 Å². The Balaban J connectivity index is 1.85. The summed E-state index contributed by atoms with van der Waals surface area (Å²) < 4.78 is 0. The highest BCUT2D eigenvalue weighted by molar-refractivity contribution is 4.88. The second-order valence-corrected chi connectivity index (χ2v) is 5.73. The van der Waals surface area contributed by atoms with Crippen molar-refractivity contribution in [3.63, 3.8) is 0 Å². The van der Waals surface area contributed by atoms with E-state index < -0.39 is 0 Å². The maximum Gasteiger partial charge on any atom is 0.0580 e. The molecule has 2 aliphatic rings. The highest BCUT2D eigenvalue weighted by Crippen LogP contribution is 2.34.